The Morgan fingerprint density at radius 3 is 2.47 bits per heavy atom. The van der Waals surface area contributed by atoms with Crippen LogP contribution in [-0.4, -0.2) is 76.5 Å². The van der Waals surface area contributed by atoms with E-state index in [0.29, 0.717) is 11.2 Å². The average molecular weight is 468 g/mol. The second-order valence-electron chi connectivity index (χ2n) is 9.14. The smallest absolute Gasteiger partial charge is 0.332 e. The molecule has 2 aliphatic heterocycles. The molecule has 1 aromatic carbocycles. The number of ether oxygens (including phenoxy) is 1. The Morgan fingerprint density at radius 1 is 0.941 bits per heavy atom. The first-order chi connectivity index (χ1) is 16.5. The Kier molecular flexibility index (Phi) is 6.07. The predicted octanol–water partition coefficient (Wildman–Crippen LogP) is 0.865. The van der Waals surface area contributed by atoms with Gasteiger partial charge in [0.05, 0.1) is 12.8 Å². The molecule has 5 rings (SSSR count). The first-order valence-corrected chi connectivity index (χ1v) is 12.0. The molecule has 3 aromatic rings. The molecular weight excluding hydrogens is 434 g/mol. The zero-order valence-corrected chi connectivity index (χ0v) is 20.2. The predicted molar refractivity (Wildman–Crippen MR) is 133 cm³/mol. The number of para-hydroxylation sites is 2. The summed E-state index contributed by atoms with van der Waals surface area (Å²) in [6.45, 7) is 7.58. The van der Waals surface area contributed by atoms with Crippen LogP contribution >= 0.6 is 0 Å². The number of hydrogen-bond donors (Lipinski definition) is 0. The number of hydrogen-bond acceptors (Lipinski definition) is 7. The molecule has 34 heavy (non-hydrogen) atoms. The van der Waals surface area contributed by atoms with Gasteiger partial charge in [0, 0.05) is 59.9 Å². The number of anilines is 2. The molecule has 0 atom stereocenters. The lowest BCUT2D eigenvalue weighted by Crippen LogP contribution is -2.47. The fourth-order valence-corrected chi connectivity index (χ4v) is 5.21. The van der Waals surface area contributed by atoms with Gasteiger partial charge in [0.1, 0.15) is 5.75 Å². The topological polar surface area (TPSA) is 80.8 Å². The molecule has 1 fully saturated rings. The standard InChI is InChI=1S/C24H33N7O3/c1-26-21-20(22(32)27(2)24(26)33)31-13-7-12-30(23(31)25-21)11-6-10-28-14-16-29(17-15-28)18-8-4-5-9-19(18)34-3/h4-5,8-9H,6-7,10-17H2,1-3H3. The molecule has 0 N–H and O–H groups in total. The molecule has 0 amide bonds. The van der Waals surface area contributed by atoms with Gasteiger partial charge in [-0.05, 0) is 31.5 Å². The van der Waals surface area contributed by atoms with Crippen LogP contribution in [0.4, 0.5) is 11.6 Å². The van der Waals surface area contributed by atoms with Crippen molar-refractivity contribution in [2.24, 2.45) is 14.1 Å². The minimum atomic E-state index is -0.341. The summed E-state index contributed by atoms with van der Waals surface area (Å²) < 4.78 is 10.2. The van der Waals surface area contributed by atoms with Crippen molar-refractivity contribution in [3.05, 3.63) is 45.1 Å². The zero-order valence-electron chi connectivity index (χ0n) is 20.2. The number of aryl methyl sites for hydroxylation is 2. The number of nitrogens with zero attached hydrogens (tertiary/aromatic N) is 7. The van der Waals surface area contributed by atoms with Gasteiger partial charge in [-0.2, -0.15) is 4.98 Å². The molecule has 182 valence electrons. The van der Waals surface area contributed by atoms with Gasteiger partial charge in [0.15, 0.2) is 11.2 Å². The third-order valence-electron chi connectivity index (χ3n) is 7.12. The molecule has 0 spiro atoms. The second-order valence-corrected chi connectivity index (χ2v) is 9.14. The van der Waals surface area contributed by atoms with Gasteiger partial charge in [0.25, 0.3) is 5.56 Å². The van der Waals surface area contributed by atoms with Gasteiger partial charge in [-0.3, -0.25) is 18.8 Å². The van der Waals surface area contributed by atoms with Crippen LogP contribution in [0.15, 0.2) is 33.9 Å². The summed E-state index contributed by atoms with van der Waals surface area (Å²) in [6, 6.07) is 8.20. The Hall–Kier alpha value is -3.27. The molecule has 10 nitrogen and oxygen atoms in total. The van der Waals surface area contributed by atoms with Crippen LogP contribution < -0.4 is 25.8 Å². The van der Waals surface area contributed by atoms with E-state index in [1.807, 2.05) is 16.7 Å². The van der Waals surface area contributed by atoms with Crippen LogP contribution in [0, 0.1) is 0 Å². The summed E-state index contributed by atoms with van der Waals surface area (Å²) >= 11 is 0. The van der Waals surface area contributed by atoms with Crippen molar-refractivity contribution in [2.75, 3.05) is 62.7 Å². The third-order valence-corrected chi connectivity index (χ3v) is 7.12. The van der Waals surface area contributed by atoms with Gasteiger partial charge in [-0.15, -0.1) is 0 Å². The number of imidazole rings is 1. The van der Waals surface area contributed by atoms with Crippen LogP contribution in [0.25, 0.3) is 11.2 Å². The van der Waals surface area contributed by atoms with E-state index in [1.165, 1.54) is 16.2 Å². The number of piperazine rings is 1. The van der Waals surface area contributed by atoms with Crippen molar-refractivity contribution in [2.45, 2.75) is 19.4 Å². The minimum absolute atomic E-state index is 0.272. The van der Waals surface area contributed by atoms with Crippen molar-refractivity contribution in [3.8, 4) is 5.75 Å². The van der Waals surface area contributed by atoms with Gasteiger partial charge in [-0.25, -0.2) is 4.79 Å². The molecule has 0 unspecified atom stereocenters. The minimum Gasteiger partial charge on any atom is -0.495 e. The summed E-state index contributed by atoms with van der Waals surface area (Å²) in [5, 5.41) is 0. The van der Waals surface area contributed by atoms with Gasteiger partial charge >= 0.3 is 5.69 Å². The van der Waals surface area contributed by atoms with E-state index in [-0.39, 0.29) is 11.2 Å². The van der Waals surface area contributed by atoms with Gasteiger partial charge in [0.2, 0.25) is 5.95 Å². The van der Waals surface area contributed by atoms with Crippen LogP contribution in [-0.2, 0) is 20.6 Å². The fraction of sp³-hybridized carbons (Fsp3) is 0.542. The first-order valence-electron chi connectivity index (χ1n) is 12.0. The number of benzene rings is 1. The summed E-state index contributed by atoms with van der Waals surface area (Å²) in [5.41, 5.74) is 1.55. The maximum Gasteiger partial charge on any atom is 0.332 e. The molecular formula is C24H33N7O3. The molecule has 0 radical (unpaired) electrons. The van der Waals surface area contributed by atoms with E-state index >= 15 is 0 Å². The number of aromatic nitrogens is 4. The summed E-state index contributed by atoms with van der Waals surface area (Å²) in [7, 11) is 4.93. The highest BCUT2D eigenvalue weighted by Crippen LogP contribution is 2.28. The highest BCUT2D eigenvalue weighted by molar-refractivity contribution is 5.74. The summed E-state index contributed by atoms with van der Waals surface area (Å²) in [4.78, 5) is 37.0. The summed E-state index contributed by atoms with van der Waals surface area (Å²) in [5.74, 6) is 1.73. The molecule has 0 saturated carbocycles. The Balaban J connectivity index is 1.22. The van der Waals surface area contributed by atoms with Crippen molar-refractivity contribution < 1.29 is 4.74 Å². The van der Waals surface area contributed by atoms with Gasteiger partial charge in [-0.1, -0.05) is 12.1 Å². The second kappa shape index (κ2) is 9.17. The number of fused-ring (bicyclic) bond motifs is 3. The van der Waals surface area contributed by atoms with E-state index in [0.717, 1.165) is 82.6 Å². The lowest BCUT2D eigenvalue weighted by Gasteiger charge is -2.37. The maximum absolute atomic E-state index is 12.8. The van der Waals surface area contributed by atoms with Crippen LogP contribution in [0.2, 0.25) is 0 Å². The quantitative estimate of drug-likeness (QED) is 0.532. The van der Waals surface area contributed by atoms with E-state index in [1.54, 1.807) is 14.2 Å². The van der Waals surface area contributed by atoms with Crippen molar-refractivity contribution >= 4 is 22.8 Å². The molecule has 0 aliphatic carbocycles. The summed E-state index contributed by atoms with van der Waals surface area (Å²) in [6.07, 6.45) is 1.98. The Bertz CT molecular complexity index is 1300. The molecule has 4 heterocycles. The average Bonchev–Trinajstić information content (AvgIpc) is 3.27. The van der Waals surface area contributed by atoms with E-state index in [9.17, 15) is 9.59 Å². The van der Waals surface area contributed by atoms with Crippen LogP contribution in [0.3, 0.4) is 0 Å². The van der Waals surface area contributed by atoms with E-state index in [2.05, 4.69) is 26.8 Å². The Morgan fingerprint density at radius 2 is 1.71 bits per heavy atom. The first kappa shape index (κ1) is 22.5. The highest BCUT2D eigenvalue weighted by Gasteiger charge is 2.26. The maximum atomic E-state index is 12.8. The zero-order chi connectivity index (χ0) is 23.8. The molecule has 10 heteroatoms. The molecule has 0 bridgehead atoms. The molecule has 2 aliphatic rings. The van der Waals surface area contributed by atoms with Crippen LogP contribution in [0.1, 0.15) is 12.8 Å². The lowest BCUT2D eigenvalue weighted by molar-refractivity contribution is 0.254. The van der Waals surface area contributed by atoms with Crippen molar-refractivity contribution in [1.29, 1.82) is 0 Å². The van der Waals surface area contributed by atoms with E-state index < -0.39 is 0 Å². The highest BCUT2D eigenvalue weighted by atomic mass is 16.5. The van der Waals surface area contributed by atoms with E-state index in [4.69, 9.17) is 9.72 Å². The van der Waals surface area contributed by atoms with Crippen molar-refractivity contribution in [3.63, 3.8) is 0 Å². The number of rotatable bonds is 6. The number of methoxy groups -OCH3 is 1. The van der Waals surface area contributed by atoms with Crippen LogP contribution in [0.5, 0.6) is 5.75 Å². The van der Waals surface area contributed by atoms with Gasteiger partial charge < -0.3 is 19.1 Å². The monoisotopic (exact) mass is 467 g/mol. The normalized spacial score (nSPS) is 16.8. The fourth-order valence-electron chi connectivity index (χ4n) is 5.21. The lowest BCUT2D eigenvalue weighted by atomic mass is 10.2. The third kappa shape index (κ3) is 3.85. The largest absolute Gasteiger partial charge is 0.495 e. The van der Waals surface area contributed by atoms with Crippen molar-refractivity contribution in [1.82, 2.24) is 23.6 Å². The molecule has 2 aromatic heterocycles. The Labute approximate surface area is 198 Å². The SMILES string of the molecule is COc1ccccc1N1CCN(CCCN2CCCn3c2nc2c3c(=O)n(C)c(=O)n2C)CC1. The molecule has 1 saturated heterocycles.